The number of thioether (sulfide) groups is 1. The molecule has 0 fully saturated rings. The number of aryl methyl sites for hydroxylation is 2. The monoisotopic (exact) mass is 626 g/mol. The molecule has 0 aliphatic rings. The van der Waals surface area contributed by atoms with E-state index in [2.05, 4.69) is 0 Å². The van der Waals surface area contributed by atoms with Gasteiger partial charge in [-0.25, -0.2) is 26.0 Å². The van der Waals surface area contributed by atoms with Crippen molar-refractivity contribution in [2.24, 2.45) is 0 Å². The minimum absolute atomic E-state index is 0. The zero-order chi connectivity index (χ0) is 27.8. The molecule has 0 aliphatic carbocycles. The minimum Gasteiger partial charge on any atom is -0.748 e. The van der Waals surface area contributed by atoms with Gasteiger partial charge in [-0.05, 0) is 42.6 Å². The molecule has 0 saturated carbocycles. The largest absolute Gasteiger partial charge is 1.00 e. The van der Waals surface area contributed by atoms with Crippen LogP contribution in [-0.2, 0) is 36.2 Å². The van der Waals surface area contributed by atoms with Crippen molar-refractivity contribution in [3.05, 3.63) is 64.2 Å². The molecular weight excluding hydrogens is 599 g/mol. The Morgan fingerprint density at radius 3 is 1.84 bits per heavy atom. The molecule has 2 rings (SSSR count). The Morgan fingerprint density at radius 1 is 0.921 bits per heavy atom. The van der Waals surface area contributed by atoms with Crippen LogP contribution in [0.15, 0.2) is 29.2 Å². The molecule has 0 aromatic heterocycles. The fourth-order valence-corrected chi connectivity index (χ4v) is 7.22. The molecule has 0 heterocycles. The molecule has 0 radical (unpaired) electrons. The molecule has 1 unspecified atom stereocenters. The smallest absolute Gasteiger partial charge is 0.748 e. The summed E-state index contributed by atoms with van der Waals surface area (Å²) in [6.45, 7) is 0. The maximum Gasteiger partial charge on any atom is 1.00 e. The quantitative estimate of drug-likeness (QED) is 0.0572. The van der Waals surface area contributed by atoms with Crippen LogP contribution in [0.2, 0.25) is 6.04 Å². The first-order chi connectivity index (χ1) is 17.4. The van der Waals surface area contributed by atoms with Gasteiger partial charge in [0.1, 0.15) is 0 Å². The molecule has 38 heavy (non-hydrogen) atoms. The van der Waals surface area contributed by atoms with Crippen LogP contribution in [0, 0.1) is 23.3 Å². The van der Waals surface area contributed by atoms with Crippen LogP contribution in [0.25, 0.3) is 0 Å². The predicted molar refractivity (Wildman–Crippen MR) is 135 cm³/mol. The van der Waals surface area contributed by atoms with E-state index in [4.69, 9.17) is 24.9 Å². The van der Waals surface area contributed by atoms with Crippen molar-refractivity contribution in [3.8, 4) is 0 Å². The van der Waals surface area contributed by atoms with E-state index in [1.54, 1.807) is 0 Å². The maximum absolute atomic E-state index is 14.6. The topological polar surface area (TPSA) is 84.9 Å². The Hall–Kier alpha value is -0.193. The third-order valence-electron chi connectivity index (χ3n) is 5.72. The van der Waals surface area contributed by atoms with Gasteiger partial charge in [0, 0.05) is 38.7 Å². The van der Waals surface area contributed by atoms with Crippen molar-refractivity contribution in [2.75, 3.05) is 32.8 Å². The van der Waals surface area contributed by atoms with E-state index < -0.39 is 63.8 Å². The van der Waals surface area contributed by atoms with Gasteiger partial charge in [-0.15, -0.1) is 23.4 Å². The summed E-state index contributed by atoms with van der Waals surface area (Å²) < 4.78 is 106. The number of halogens is 5. The molecule has 2 aromatic rings. The third kappa shape index (κ3) is 10.0. The summed E-state index contributed by atoms with van der Waals surface area (Å²) in [6.07, 6.45) is 0.718. The van der Waals surface area contributed by atoms with E-state index >= 15 is 0 Å². The maximum atomic E-state index is 14.6. The summed E-state index contributed by atoms with van der Waals surface area (Å²) in [6, 6.07) is 7.97. The standard InChI is InChI=1S/C23H29ClF4O6S2Si.Na/c1-32-37(33-2,34-3)14-11-16-7-5-15(6-8-16)9-10-17(24)18-19(25)21(27)23(22(28)20(18)26)35-12-4-13-36(29,30)31;/h5-8,17H,4,9-14H2,1-3H3,(H,29,30,31);/q;+1/p-1. The Morgan fingerprint density at radius 2 is 1.39 bits per heavy atom. The summed E-state index contributed by atoms with van der Waals surface area (Å²) in [5.74, 6) is -7.40. The fraction of sp³-hybridized carbons (Fsp3) is 0.478. The summed E-state index contributed by atoms with van der Waals surface area (Å²) in [5.41, 5.74) is 0.904. The van der Waals surface area contributed by atoms with E-state index in [0.29, 0.717) is 30.6 Å². The summed E-state index contributed by atoms with van der Waals surface area (Å²) >= 11 is 6.55. The van der Waals surface area contributed by atoms with E-state index in [1.807, 2.05) is 24.3 Å². The molecule has 0 spiro atoms. The van der Waals surface area contributed by atoms with E-state index in [0.717, 1.165) is 11.1 Å². The molecule has 0 bridgehead atoms. The van der Waals surface area contributed by atoms with Gasteiger partial charge in [-0.1, -0.05) is 24.3 Å². The zero-order valence-corrected chi connectivity index (χ0v) is 26.9. The predicted octanol–water partition coefficient (Wildman–Crippen LogP) is 2.61. The van der Waals surface area contributed by atoms with Crippen LogP contribution in [0.4, 0.5) is 17.6 Å². The molecule has 6 nitrogen and oxygen atoms in total. The first-order valence-corrected chi connectivity index (χ1v) is 16.1. The van der Waals surface area contributed by atoms with Gasteiger partial charge in [-0.2, -0.15) is 0 Å². The van der Waals surface area contributed by atoms with Crippen molar-refractivity contribution in [3.63, 3.8) is 0 Å². The molecule has 0 saturated heterocycles. The minimum atomic E-state index is -4.51. The van der Waals surface area contributed by atoms with Gasteiger partial charge in [0.25, 0.3) is 0 Å². The SMILES string of the molecule is CO[Si](CCc1ccc(CCC(Cl)c2c(F)c(F)c(SCCCS(=O)(=O)[O-])c(F)c2F)cc1)(OC)OC.[Na+]. The number of alkyl halides is 1. The molecule has 2 aromatic carbocycles. The van der Waals surface area contributed by atoms with Crippen molar-refractivity contribution in [1.82, 2.24) is 0 Å². The van der Waals surface area contributed by atoms with Gasteiger partial charge >= 0.3 is 38.4 Å². The second-order valence-electron chi connectivity index (χ2n) is 8.08. The van der Waals surface area contributed by atoms with Gasteiger partial charge in [0.2, 0.25) is 0 Å². The van der Waals surface area contributed by atoms with Crippen LogP contribution >= 0.6 is 23.4 Å². The molecular formula is C23H28ClF4NaO6S2Si. The van der Waals surface area contributed by atoms with Crippen molar-refractivity contribution < 1.29 is 73.4 Å². The first kappa shape index (κ1) is 35.8. The van der Waals surface area contributed by atoms with Crippen LogP contribution in [0.1, 0.15) is 34.9 Å². The van der Waals surface area contributed by atoms with E-state index in [-0.39, 0.29) is 48.2 Å². The summed E-state index contributed by atoms with van der Waals surface area (Å²) in [4.78, 5) is -0.927. The molecule has 15 heteroatoms. The third-order valence-corrected chi connectivity index (χ3v) is 10.8. The van der Waals surface area contributed by atoms with Crippen molar-refractivity contribution >= 4 is 42.3 Å². The average Bonchev–Trinajstić information content (AvgIpc) is 2.87. The van der Waals surface area contributed by atoms with Gasteiger partial charge in [0.15, 0.2) is 23.3 Å². The Balaban J connectivity index is 0.00000722. The van der Waals surface area contributed by atoms with Crippen molar-refractivity contribution in [2.45, 2.75) is 42.0 Å². The Bertz CT molecular complexity index is 1120. The molecule has 0 N–H and O–H groups in total. The second kappa shape index (κ2) is 16.3. The molecule has 208 valence electrons. The van der Waals surface area contributed by atoms with E-state index in [9.17, 15) is 30.5 Å². The Kier molecular flexibility index (Phi) is 15.4. The number of hydrogen-bond donors (Lipinski definition) is 0. The summed E-state index contributed by atoms with van der Waals surface area (Å²) in [5, 5.41) is -1.34. The normalized spacial score (nSPS) is 12.9. The fourth-order valence-electron chi connectivity index (χ4n) is 3.60. The number of hydrogen-bond acceptors (Lipinski definition) is 7. The van der Waals surface area contributed by atoms with Gasteiger partial charge < -0.3 is 17.8 Å². The van der Waals surface area contributed by atoms with Crippen LogP contribution in [-0.4, -0.2) is 54.6 Å². The van der Waals surface area contributed by atoms with Gasteiger partial charge in [0.05, 0.1) is 20.4 Å². The van der Waals surface area contributed by atoms with Crippen LogP contribution in [0.5, 0.6) is 0 Å². The summed E-state index contributed by atoms with van der Waals surface area (Å²) in [7, 11) is -2.62. The Labute approximate surface area is 253 Å². The molecule has 1 atom stereocenters. The number of benzene rings is 2. The molecule has 0 amide bonds. The van der Waals surface area contributed by atoms with Crippen LogP contribution < -0.4 is 29.6 Å². The first-order valence-electron chi connectivity index (χ1n) is 11.2. The van der Waals surface area contributed by atoms with Gasteiger partial charge in [-0.3, -0.25) is 0 Å². The van der Waals surface area contributed by atoms with Crippen LogP contribution in [0.3, 0.4) is 0 Å². The zero-order valence-electron chi connectivity index (χ0n) is 21.5. The van der Waals surface area contributed by atoms with E-state index in [1.165, 1.54) is 21.3 Å². The van der Waals surface area contributed by atoms with Crippen molar-refractivity contribution in [1.29, 1.82) is 0 Å². The second-order valence-corrected chi connectivity index (χ2v) is 14.3. The number of rotatable bonds is 15. The molecule has 0 aliphatic heterocycles. The average molecular weight is 627 g/mol.